The number of aromatic nitrogens is 1. The third-order valence-corrected chi connectivity index (χ3v) is 15.0. The first-order chi connectivity index (χ1) is 32.8. The van der Waals surface area contributed by atoms with Gasteiger partial charge in [0.15, 0.2) is 11.5 Å². The van der Waals surface area contributed by atoms with Crippen LogP contribution in [0.4, 0.5) is 0 Å². The molecule has 5 aromatic rings. The molecular weight excluding hydrogens is 843 g/mol. The summed E-state index contributed by atoms with van der Waals surface area (Å²) in [6.45, 7) is 1.92. The average Bonchev–Trinajstić information content (AvgIpc) is 3.78. The Balaban J connectivity index is 1.14. The maximum atomic E-state index is 11.7. The second-order valence-electron chi connectivity index (χ2n) is 19.2. The first-order valence-corrected chi connectivity index (χ1v) is 24.2. The van der Waals surface area contributed by atoms with Crippen LogP contribution in [0.2, 0.25) is 0 Å². The predicted octanol–water partition coefficient (Wildman–Crippen LogP) is 8.13. The zero-order chi connectivity index (χ0) is 45.9. The zero-order valence-electron chi connectivity index (χ0n) is 38.4. The number of methoxy groups -OCH3 is 1. The number of benzene rings is 4. The van der Waals surface area contributed by atoms with Gasteiger partial charge >= 0.3 is 0 Å². The Morgan fingerprint density at radius 2 is 1.81 bits per heavy atom. The fraction of sp³-hybridized carbons (Fsp3) is 0.429. The van der Waals surface area contributed by atoms with E-state index < -0.39 is 6.10 Å². The van der Waals surface area contributed by atoms with Crippen molar-refractivity contribution in [3.05, 3.63) is 141 Å². The number of nitrogens with zero attached hydrogens (tertiary/aromatic N) is 1. The summed E-state index contributed by atoms with van der Waals surface area (Å²) in [7, 11) is 1.67. The van der Waals surface area contributed by atoms with Gasteiger partial charge in [-0.2, -0.15) is 0 Å². The minimum Gasteiger partial charge on any atom is -0.508 e. The number of ether oxygens (including phenoxy) is 4. The average molecular weight is 906 g/mol. The quantitative estimate of drug-likeness (QED) is 0.0667. The maximum Gasteiger partial charge on any atom is 0.161 e. The van der Waals surface area contributed by atoms with Crippen molar-refractivity contribution in [2.24, 2.45) is 11.8 Å². The van der Waals surface area contributed by atoms with E-state index in [0.717, 1.165) is 95.8 Å². The van der Waals surface area contributed by atoms with Crippen LogP contribution in [0.5, 0.6) is 17.2 Å². The largest absolute Gasteiger partial charge is 0.508 e. The van der Waals surface area contributed by atoms with Gasteiger partial charge in [0.05, 0.1) is 38.8 Å². The number of dihydropyridines is 1. The highest BCUT2D eigenvalue weighted by Crippen LogP contribution is 2.52. The molecule has 0 radical (unpaired) electrons. The molecule has 0 amide bonds. The van der Waals surface area contributed by atoms with E-state index >= 15 is 0 Å². The van der Waals surface area contributed by atoms with Gasteiger partial charge in [-0.25, -0.2) is 0 Å². The van der Waals surface area contributed by atoms with Crippen molar-refractivity contribution >= 4 is 16.6 Å². The van der Waals surface area contributed by atoms with Crippen LogP contribution in [-0.2, 0) is 52.1 Å². The van der Waals surface area contributed by atoms with Crippen molar-refractivity contribution in [3.8, 4) is 29.1 Å². The van der Waals surface area contributed by atoms with Crippen LogP contribution < -0.4 is 15.4 Å². The number of nitrogens with one attached hydrogen (secondary N) is 2. The molecule has 11 heteroatoms. The zero-order valence-corrected chi connectivity index (χ0v) is 38.4. The van der Waals surface area contributed by atoms with Crippen molar-refractivity contribution in [2.75, 3.05) is 33.7 Å². The smallest absolute Gasteiger partial charge is 0.161 e. The monoisotopic (exact) mass is 905 g/mol. The van der Waals surface area contributed by atoms with Crippen LogP contribution in [0.1, 0.15) is 90.3 Å². The first kappa shape index (κ1) is 45.2. The minimum absolute atomic E-state index is 0.0337. The highest BCUT2D eigenvalue weighted by Gasteiger charge is 2.47. The number of aromatic hydroxyl groups is 2. The molecule has 0 spiro atoms. The summed E-state index contributed by atoms with van der Waals surface area (Å²) in [6, 6.07) is 24.5. The molecule has 4 aromatic carbocycles. The van der Waals surface area contributed by atoms with Gasteiger partial charge in [-0.05, 0) is 152 Å². The Kier molecular flexibility index (Phi) is 13.5. The fourth-order valence-electron chi connectivity index (χ4n) is 11.4. The van der Waals surface area contributed by atoms with Crippen molar-refractivity contribution in [2.45, 2.75) is 108 Å². The Hall–Kier alpha value is -5.58. The van der Waals surface area contributed by atoms with Gasteiger partial charge in [0.1, 0.15) is 24.3 Å². The van der Waals surface area contributed by atoms with Crippen molar-refractivity contribution in [1.29, 1.82) is 0 Å². The molecule has 4 aliphatic heterocycles. The molecule has 5 aliphatic rings. The molecule has 6 unspecified atom stereocenters. The van der Waals surface area contributed by atoms with Gasteiger partial charge in [-0.3, -0.25) is 5.32 Å². The van der Waals surface area contributed by atoms with E-state index in [2.05, 4.69) is 81.9 Å². The number of rotatable bonds is 8. The van der Waals surface area contributed by atoms with Crippen molar-refractivity contribution in [3.63, 3.8) is 0 Å². The molecule has 0 saturated carbocycles. The molecule has 6 N–H and O–H groups in total. The molecule has 1 fully saturated rings. The number of aliphatic hydroxyl groups is 2. The van der Waals surface area contributed by atoms with E-state index in [1.165, 1.54) is 16.7 Å². The molecule has 67 heavy (non-hydrogen) atoms. The van der Waals surface area contributed by atoms with Crippen LogP contribution in [0.25, 0.3) is 16.6 Å². The topological polar surface area (TPSA) is 147 Å². The summed E-state index contributed by atoms with van der Waals surface area (Å²) in [5.41, 5.74) is 9.13. The summed E-state index contributed by atoms with van der Waals surface area (Å²) >= 11 is 0. The summed E-state index contributed by atoms with van der Waals surface area (Å²) < 4.78 is 27.5. The van der Waals surface area contributed by atoms with Crippen LogP contribution in [0.3, 0.4) is 0 Å². The van der Waals surface area contributed by atoms with E-state index in [1.807, 2.05) is 18.2 Å². The molecule has 1 saturated heterocycles. The van der Waals surface area contributed by atoms with Crippen molar-refractivity contribution in [1.82, 2.24) is 15.2 Å². The molecule has 1 aliphatic carbocycles. The molecular formula is C56H63N3O8. The number of aryl methyl sites for hydroxylation is 3. The highest BCUT2D eigenvalue weighted by atomic mass is 16.5. The molecule has 5 heterocycles. The molecule has 6 atom stereocenters. The Morgan fingerprint density at radius 3 is 2.67 bits per heavy atom. The number of fused-ring (bicyclic) bond motifs is 9. The predicted molar refractivity (Wildman–Crippen MR) is 258 cm³/mol. The normalized spacial score (nSPS) is 25.3. The standard InChI is InChI=1S/C56H63N3O8/c1-64-35-57-54-27-40-14-11-36(9-10-37-12-18-46(61)19-13-37)5-4-7-48-28-47(62)20-16-39-26-53(52(63)25-42(39)31-60)67-32-43-24-45(23-41-29-59(30-49(41)43)55(58-54)50(40)34-66-48)56-21-22-65-33-44(56)17-15-38-6-2-3-8-51(38)56/h2-3,6,8,12-13,18-19,23-27,29-30,36,44,47-48,54,57-58,60-63H,4-5,7,9-10,15-17,20-22,28,31-35H2,1H3. The van der Waals surface area contributed by atoms with E-state index in [0.29, 0.717) is 56.4 Å². The number of phenols is 2. The van der Waals surface area contributed by atoms with E-state index in [-0.39, 0.29) is 54.9 Å². The Bertz CT molecular complexity index is 2710. The summed E-state index contributed by atoms with van der Waals surface area (Å²) in [6.07, 6.45) is 13.8. The molecule has 11 nitrogen and oxygen atoms in total. The highest BCUT2D eigenvalue weighted by molar-refractivity contribution is 5.88. The molecule has 1 aromatic heterocycles. The number of hydrogen-bond donors (Lipinski definition) is 6. The summed E-state index contributed by atoms with van der Waals surface area (Å²) in [5, 5.41) is 52.7. The first-order valence-electron chi connectivity index (χ1n) is 24.2. The number of aliphatic hydroxyl groups excluding tert-OH is 2. The SMILES string of the molecule is COCNC1C=C2C#CC(CCc3ccc(O)cc3)CCCC3CC(O)CCc4cc(c(O)cc4CO)OCc4cc(C56CCOCC5CCc5ccccc56)cc5cn(cc45)C(=C2CO3)N1. The van der Waals surface area contributed by atoms with Crippen LogP contribution in [0.15, 0.2) is 102 Å². The Labute approximate surface area is 393 Å². The Morgan fingerprint density at radius 1 is 0.940 bits per heavy atom. The maximum absolute atomic E-state index is 11.7. The van der Waals surface area contributed by atoms with Gasteiger partial charge in [0.25, 0.3) is 0 Å². The lowest BCUT2D eigenvalue weighted by Crippen LogP contribution is -2.47. The third kappa shape index (κ3) is 9.49. The van der Waals surface area contributed by atoms with Crippen LogP contribution in [-0.4, -0.2) is 77.0 Å². The summed E-state index contributed by atoms with van der Waals surface area (Å²) in [4.78, 5) is 0. The lowest BCUT2D eigenvalue weighted by Gasteiger charge is -2.49. The molecule has 350 valence electrons. The van der Waals surface area contributed by atoms with E-state index in [1.54, 1.807) is 25.3 Å². The molecule has 6 bridgehead atoms. The van der Waals surface area contributed by atoms with Gasteiger partial charge in [0, 0.05) is 59.4 Å². The van der Waals surface area contributed by atoms with Crippen molar-refractivity contribution < 1.29 is 39.4 Å². The summed E-state index contributed by atoms with van der Waals surface area (Å²) in [5.74, 6) is 9.20. The second kappa shape index (κ2) is 19.9. The van der Waals surface area contributed by atoms with Gasteiger partial charge in [-0.15, -0.1) is 0 Å². The number of phenolic OH excluding ortho intramolecular Hbond substituents is 2. The number of hydrogen-bond acceptors (Lipinski definition) is 10. The van der Waals surface area contributed by atoms with E-state index in [4.69, 9.17) is 18.9 Å². The van der Waals surface area contributed by atoms with Gasteiger partial charge < -0.3 is 49.3 Å². The van der Waals surface area contributed by atoms with Gasteiger partial charge in [0.2, 0.25) is 0 Å². The van der Waals surface area contributed by atoms with Crippen LogP contribution in [0, 0.1) is 23.7 Å². The lowest BCUT2D eigenvalue weighted by atomic mass is 9.57. The molecule has 10 rings (SSSR count). The van der Waals surface area contributed by atoms with Crippen LogP contribution >= 0.6 is 0 Å². The minimum atomic E-state index is -0.670. The van der Waals surface area contributed by atoms with E-state index in [9.17, 15) is 20.4 Å². The third-order valence-electron chi connectivity index (χ3n) is 15.0. The lowest BCUT2D eigenvalue weighted by molar-refractivity contribution is 0.00498. The van der Waals surface area contributed by atoms with Gasteiger partial charge in [-0.1, -0.05) is 54.3 Å². The second-order valence-corrected chi connectivity index (χ2v) is 19.2. The fourth-order valence-corrected chi connectivity index (χ4v) is 11.4.